The molecule has 0 aliphatic heterocycles. The number of halogens is 4. The summed E-state index contributed by atoms with van der Waals surface area (Å²) in [5.41, 5.74) is -1.09. The van der Waals surface area contributed by atoms with Gasteiger partial charge in [-0.15, -0.1) is 0 Å². The minimum absolute atomic E-state index is 0.129. The molecule has 0 radical (unpaired) electrons. The fraction of sp³-hybridized carbons (Fsp3) is 0.0800. The summed E-state index contributed by atoms with van der Waals surface area (Å²) in [4.78, 5) is 24.9. The van der Waals surface area contributed by atoms with Crippen molar-refractivity contribution < 1.29 is 32.2 Å². The van der Waals surface area contributed by atoms with E-state index >= 15 is 0 Å². The molecule has 0 saturated heterocycles. The lowest BCUT2D eigenvalue weighted by Gasteiger charge is -2.11. The normalized spacial score (nSPS) is 11.4. The van der Waals surface area contributed by atoms with Gasteiger partial charge in [-0.25, -0.2) is 4.79 Å². The summed E-state index contributed by atoms with van der Waals surface area (Å²) in [6.07, 6.45) is -3.44. The van der Waals surface area contributed by atoms with Gasteiger partial charge in [-0.1, -0.05) is 23.7 Å². The number of alkyl halides is 3. The standard InChI is InChI=1S/C25H16ClF3N2O4/c1-34-19-8-5-16(6-9-19)24(33)35-20-4-2-3-15(12-20)11-17(14-30)23(32)31-22-13-18(25(27,28)29)7-10-21(22)26/h2-13H,1H3,(H,31,32)/b17-11+. The molecule has 0 atom stereocenters. The van der Waals surface area contributed by atoms with Crippen molar-refractivity contribution in [1.29, 1.82) is 5.26 Å². The molecule has 35 heavy (non-hydrogen) atoms. The average molecular weight is 501 g/mol. The summed E-state index contributed by atoms with van der Waals surface area (Å²) in [6.45, 7) is 0. The minimum atomic E-state index is -4.64. The quantitative estimate of drug-likeness (QED) is 0.190. The first kappa shape index (κ1) is 25.3. The molecule has 0 aromatic heterocycles. The number of benzene rings is 3. The van der Waals surface area contributed by atoms with Crippen LogP contribution < -0.4 is 14.8 Å². The third-order valence-electron chi connectivity index (χ3n) is 4.61. The van der Waals surface area contributed by atoms with Crippen LogP contribution in [-0.2, 0) is 11.0 Å². The van der Waals surface area contributed by atoms with E-state index in [1.165, 1.54) is 37.5 Å². The third-order valence-corrected chi connectivity index (χ3v) is 4.94. The number of nitrogens with one attached hydrogen (secondary N) is 1. The predicted molar refractivity (Wildman–Crippen MR) is 123 cm³/mol. The predicted octanol–water partition coefficient (Wildman–Crippen LogP) is 6.13. The van der Waals surface area contributed by atoms with E-state index in [0.29, 0.717) is 17.4 Å². The molecule has 0 bridgehead atoms. The SMILES string of the molecule is COc1ccc(C(=O)Oc2cccc(/C=C(\C#N)C(=O)Nc3cc(C(F)(F)F)ccc3Cl)c2)cc1. The maximum Gasteiger partial charge on any atom is 0.416 e. The van der Waals surface area contributed by atoms with Crippen molar-refractivity contribution in [2.75, 3.05) is 12.4 Å². The first-order valence-electron chi connectivity index (χ1n) is 9.87. The summed E-state index contributed by atoms with van der Waals surface area (Å²) in [5, 5.41) is 11.5. The average Bonchev–Trinajstić information content (AvgIpc) is 2.83. The molecule has 0 unspecified atom stereocenters. The van der Waals surface area contributed by atoms with E-state index in [9.17, 15) is 28.0 Å². The van der Waals surface area contributed by atoms with Crippen LogP contribution in [0.3, 0.4) is 0 Å². The molecule has 0 aliphatic rings. The molecule has 1 amide bonds. The maximum atomic E-state index is 13.0. The lowest BCUT2D eigenvalue weighted by molar-refractivity contribution is -0.137. The van der Waals surface area contributed by atoms with Crippen LogP contribution in [0.2, 0.25) is 5.02 Å². The number of anilines is 1. The number of hydrogen-bond donors (Lipinski definition) is 1. The van der Waals surface area contributed by atoms with Gasteiger partial charge >= 0.3 is 12.1 Å². The van der Waals surface area contributed by atoms with E-state index in [-0.39, 0.29) is 22.0 Å². The zero-order chi connectivity index (χ0) is 25.6. The largest absolute Gasteiger partial charge is 0.497 e. The lowest BCUT2D eigenvalue weighted by atomic mass is 10.1. The second-order valence-electron chi connectivity index (χ2n) is 7.01. The van der Waals surface area contributed by atoms with Gasteiger partial charge < -0.3 is 14.8 Å². The van der Waals surface area contributed by atoms with Gasteiger partial charge in [-0.3, -0.25) is 4.79 Å². The Kier molecular flexibility index (Phi) is 7.79. The second kappa shape index (κ2) is 10.8. The summed E-state index contributed by atoms with van der Waals surface area (Å²) >= 11 is 5.90. The van der Waals surface area contributed by atoms with E-state index < -0.39 is 29.2 Å². The Bertz CT molecular complexity index is 1330. The number of esters is 1. The number of amides is 1. The maximum absolute atomic E-state index is 13.0. The zero-order valence-electron chi connectivity index (χ0n) is 18.0. The molecule has 0 heterocycles. The smallest absolute Gasteiger partial charge is 0.416 e. The van der Waals surface area contributed by atoms with Crippen LogP contribution in [0.1, 0.15) is 21.5 Å². The number of methoxy groups -OCH3 is 1. The van der Waals surface area contributed by atoms with Gasteiger partial charge in [-0.05, 0) is 66.2 Å². The van der Waals surface area contributed by atoms with Gasteiger partial charge in [0.2, 0.25) is 0 Å². The number of carbonyl (C=O) groups is 2. The number of hydrogen-bond acceptors (Lipinski definition) is 5. The Labute approximate surface area is 203 Å². The van der Waals surface area contributed by atoms with Crippen molar-refractivity contribution in [3.63, 3.8) is 0 Å². The molecule has 0 fully saturated rings. The van der Waals surface area contributed by atoms with Gasteiger partial charge in [0.1, 0.15) is 23.1 Å². The number of carbonyl (C=O) groups excluding carboxylic acids is 2. The van der Waals surface area contributed by atoms with E-state index in [0.717, 1.165) is 12.1 Å². The fourth-order valence-electron chi connectivity index (χ4n) is 2.86. The molecule has 0 aliphatic carbocycles. The van der Waals surface area contributed by atoms with Crippen molar-refractivity contribution in [3.8, 4) is 17.6 Å². The summed E-state index contributed by atoms with van der Waals surface area (Å²) in [7, 11) is 1.50. The Balaban J connectivity index is 1.78. The van der Waals surface area contributed by atoms with Crippen LogP contribution in [0.15, 0.2) is 72.3 Å². The van der Waals surface area contributed by atoms with Crippen molar-refractivity contribution in [3.05, 3.63) is 94.0 Å². The molecule has 0 spiro atoms. The summed E-state index contributed by atoms with van der Waals surface area (Å²) < 4.78 is 49.2. The molecule has 178 valence electrons. The van der Waals surface area contributed by atoms with Gasteiger partial charge in [0, 0.05) is 0 Å². The fourth-order valence-corrected chi connectivity index (χ4v) is 3.03. The Morgan fingerprint density at radius 3 is 2.37 bits per heavy atom. The number of nitrogens with zero attached hydrogens (tertiary/aromatic N) is 1. The van der Waals surface area contributed by atoms with Gasteiger partial charge in [0.25, 0.3) is 5.91 Å². The van der Waals surface area contributed by atoms with E-state index in [2.05, 4.69) is 5.32 Å². The van der Waals surface area contributed by atoms with Gasteiger partial charge in [0.15, 0.2) is 0 Å². The Morgan fingerprint density at radius 1 is 1.03 bits per heavy atom. The highest BCUT2D eigenvalue weighted by Gasteiger charge is 2.31. The highest BCUT2D eigenvalue weighted by molar-refractivity contribution is 6.34. The third kappa shape index (κ3) is 6.62. The lowest BCUT2D eigenvalue weighted by Crippen LogP contribution is -2.15. The van der Waals surface area contributed by atoms with E-state index in [1.807, 2.05) is 0 Å². The topological polar surface area (TPSA) is 88.4 Å². The molecule has 10 heteroatoms. The Morgan fingerprint density at radius 2 is 1.74 bits per heavy atom. The number of rotatable bonds is 6. The van der Waals surface area contributed by atoms with Crippen molar-refractivity contribution in [1.82, 2.24) is 0 Å². The monoisotopic (exact) mass is 500 g/mol. The van der Waals surface area contributed by atoms with Crippen LogP contribution in [0.5, 0.6) is 11.5 Å². The molecular weight excluding hydrogens is 485 g/mol. The van der Waals surface area contributed by atoms with E-state index in [1.54, 1.807) is 30.3 Å². The van der Waals surface area contributed by atoms with Gasteiger partial charge in [0.05, 0.1) is 28.9 Å². The first-order chi connectivity index (χ1) is 16.6. The molecule has 3 aromatic rings. The van der Waals surface area contributed by atoms with Crippen LogP contribution >= 0.6 is 11.6 Å². The van der Waals surface area contributed by atoms with Crippen LogP contribution in [0.4, 0.5) is 18.9 Å². The summed E-state index contributed by atoms with van der Waals surface area (Å²) in [5.74, 6) is -0.874. The van der Waals surface area contributed by atoms with Crippen molar-refractivity contribution >= 4 is 35.2 Å². The Hall–Kier alpha value is -4.29. The van der Waals surface area contributed by atoms with Crippen molar-refractivity contribution in [2.45, 2.75) is 6.18 Å². The van der Waals surface area contributed by atoms with Crippen molar-refractivity contribution in [2.24, 2.45) is 0 Å². The first-order valence-corrected chi connectivity index (χ1v) is 10.2. The summed E-state index contributed by atoms with van der Waals surface area (Å²) in [6, 6.07) is 16.4. The molecule has 3 aromatic carbocycles. The molecule has 1 N–H and O–H groups in total. The molecule has 3 rings (SSSR count). The second-order valence-corrected chi connectivity index (χ2v) is 7.41. The zero-order valence-corrected chi connectivity index (χ0v) is 18.8. The molecule has 0 saturated carbocycles. The van der Waals surface area contributed by atoms with E-state index in [4.69, 9.17) is 21.1 Å². The molecule has 6 nitrogen and oxygen atoms in total. The molecular formula is C25H16ClF3N2O4. The minimum Gasteiger partial charge on any atom is -0.497 e. The van der Waals surface area contributed by atoms with Crippen LogP contribution in [-0.4, -0.2) is 19.0 Å². The number of nitriles is 1. The highest BCUT2D eigenvalue weighted by Crippen LogP contribution is 2.34. The number of ether oxygens (including phenoxy) is 2. The highest BCUT2D eigenvalue weighted by atomic mass is 35.5. The van der Waals surface area contributed by atoms with Crippen LogP contribution in [0.25, 0.3) is 6.08 Å². The van der Waals surface area contributed by atoms with Crippen LogP contribution in [0, 0.1) is 11.3 Å². The van der Waals surface area contributed by atoms with Gasteiger partial charge in [-0.2, -0.15) is 18.4 Å².